The summed E-state index contributed by atoms with van der Waals surface area (Å²) < 4.78 is 18.4. The fourth-order valence-electron chi connectivity index (χ4n) is 1.95. The van der Waals surface area contributed by atoms with E-state index in [4.69, 9.17) is 4.74 Å². The maximum absolute atomic E-state index is 13.2. The van der Waals surface area contributed by atoms with Crippen molar-refractivity contribution < 1.29 is 13.9 Å². The molecule has 1 saturated heterocycles. The molecule has 1 heterocycles. The molecular weight excluding hydrogens is 235 g/mol. The van der Waals surface area contributed by atoms with Gasteiger partial charge in [-0.25, -0.2) is 4.39 Å². The summed E-state index contributed by atoms with van der Waals surface area (Å²) in [5, 5.41) is 6.07. The number of nitrogens with one attached hydrogen (secondary N) is 2. The molecular formula is C13H17FN2O2. The van der Waals surface area contributed by atoms with Crippen LogP contribution >= 0.6 is 0 Å². The molecule has 98 valence electrons. The number of hydrogen-bond acceptors (Lipinski definition) is 3. The Labute approximate surface area is 106 Å². The van der Waals surface area contributed by atoms with Crippen molar-refractivity contribution >= 4 is 5.91 Å². The Kier molecular flexibility index (Phi) is 4.52. The number of hydrogen-bond donors (Lipinski definition) is 2. The van der Waals surface area contributed by atoms with E-state index in [1.807, 2.05) is 0 Å². The third-order valence-corrected chi connectivity index (χ3v) is 2.86. The van der Waals surface area contributed by atoms with E-state index in [0.717, 1.165) is 25.9 Å². The first kappa shape index (κ1) is 12.8. The van der Waals surface area contributed by atoms with E-state index >= 15 is 0 Å². The first-order valence-corrected chi connectivity index (χ1v) is 6.13. The summed E-state index contributed by atoms with van der Waals surface area (Å²) in [7, 11) is 0. The number of ether oxygens (including phenoxy) is 1. The Morgan fingerprint density at radius 2 is 2.33 bits per heavy atom. The van der Waals surface area contributed by atoms with E-state index in [-0.39, 0.29) is 24.3 Å². The Morgan fingerprint density at radius 3 is 3.06 bits per heavy atom. The summed E-state index contributed by atoms with van der Waals surface area (Å²) in [6.07, 6.45) is 2.03. The first-order chi connectivity index (χ1) is 8.75. The van der Waals surface area contributed by atoms with Gasteiger partial charge in [0.1, 0.15) is 0 Å². The van der Waals surface area contributed by atoms with Gasteiger partial charge in [-0.1, -0.05) is 12.1 Å². The second-order valence-electron chi connectivity index (χ2n) is 4.33. The number of carbonyl (C=O) groups excluding carboxylic acids is 1. The zero-order valence-electron chi connectivity index (χ0n) is 10.1. The molecule has 0 bridgehead atoms. The van der Waals surface area contributed by atoms with Gasteiger partial charge in [-0.2, -0.15) is 0 Å². The van der Waals surface area contributed by atoms with Gasteiger partial charge < -0.3 is 15.4 Å². The Balaban J connectivity index is 1.76. The first-order valence-electron chi connectivity index (χ1n) is 6.13. The van der Waals surface area contributed by atoms with Crippen LogP contribution in [0.1, 0.15) is 12.8 Å². The molecule has 1 aromatic carbocycles. The highest BCUT2D eigenvalue weighted by molar-refractivity contribution is 5.77. The van der Waals surface area contributed by atoms with Gasteiger partial charge in [0, 0.05) is 12.6 Å². The van der Waals surface area contributed by atoms with Gasteiger partial charge in [-0.05, 0) is 31.5 Å². The third kappa shape index (κ3) is 3.70. The minimum atomic E-state index is -0.454. The second-order valence-corrected chi connectivity index (χ2v) is 4.33. The zero-order chi connectivity index (χ0) is 12.8. The zero-order valence-corrected chi connectivity index (χ0v) is 10.1. The smallest absolute Gasteiger partial charge is 0.258 e. The molecule has 0 radical (unpaired) electrons. The van der Waals surface area contributed by atoms with Crippen LogP contribution in [0.4, 0.5) is 4.39 Å². The lowest BCUT2D eigenvalue weighted by atomic mass is 10.1. The van der Waals surface area contributed by atoms with Crippen LogP contribution in [0.25, 0.3) is 0 Å². The van der Waals surface area contributed by atoms with Crippen molar-refractivity contribution in [3.63, 3.8) is 0 Å². The topological polar surface area (TPSA) is 50.4 Å². The Bertz CT molecular complexity index is 406. The number of halogens is 1. The molecule has 1 unspecified atom stereocenters. The number of carbonyl (C=O) groups is 1. The number of para-hydroxylation sites is 1. The lowest BCUT2D eigenvalue weighted by molar-refractivity contribution is -0.123. The number of rotatable bonds is 4. The highest BCUT2D eigenvalue weighted by Gasteiger charge is 2.15. The highest BCUT2D eigenvalue weighted by Crippen LogP contribution is 2.14. The maximum atomic E-state index is 13.2. The summed E-state index contributed by atoms with van der Waals surface area (Å²) in [5.41, 5.74) is 0. The van der Waals surface area contributed by atoms with E-state index in [1.54, 1.807) is 12.1 Å². The van der Waals surface area contributed by atoms with Gasteiger partial charge >= 0.3 is 0 Å². The van der Waals surface area contributed by atoms with Crippen molar-refractivity contribution in [1.29, 1.82) is 0 Å². The third-order valence-electron chi connectivity index (χ3n) is 2.86. The van der Waals surface area contributed by atoms with Gasteiger partial charge in [0.2, 0.25) is 0 Å². The molecule has 1 fully saturated rings. The summed E-state index contributed by atoms with van der Waals surface area (Å²) in [6.45, 7) is 1.63. The van der Waals surface area contributed by atoms with E-state index in [2.05, 4.69) is 10.6 Å². The van der Waals surface area contributed by atoms with Crippen LogP contribution in [0.15, 0.2) is 24.3 Å². The molecule has 1 aliphatic heterocycles. The highest BCUT2D eigenvalue weighted by atomic mass is 19.1. The van der Waals surface area contributed by atoms with Crippen LogP contribution in [-0.4, -0.2) is 31.6 Å². The fraction of sp³-hybridized carbons (Fsp3) is 0.462. The van der Waals surface area contributed by atoms with E-state index in [1.165, 1.54) is 12.1 Å². The Morgan fingerprint density at radius 1 is 1.50 bits per heavy atom. The molecule has 18 heavy (non-hydrogen) atoms. The van der Waals surface area contributed by atoms with Gasteiger partial charge in [0.15, 0.2) is 18.2 Å². The predicted octanol–water partition coefficient (Wildman–Crippen LogP) is 1.07. The van der Waals surface area contributed by atoms with Crippen molar-refractivity contribution in [2.24, 2.45) is 0 Å². The minimum Gasteiger partial charge on any atom is -0.481 e. The van der Waals surface area contributed by atoms with Crippen LogP contribution in [0.3, 0.4) is 0 Å². The molecule has 2 rings (SSSR count). The maximum Gasteiger partial charge on any atom is 0.258 e. The molecule has 5 heteroatoms. The normalized spacial score (nSPS) is 19.3. The standard InChI is InChI=1S/C13H17FN2O2/c14-11-5-1-2-6-12(11)18-9-13(17)16-10-4-3-7-15-8-10/h1-2,5-6,10,15H,3-4,7-9H2,(H,16,17). The number of piperidine rings is 1. The van der Waals surface area contributed by atoms with Gasteiger partial charge in [0.25, 0.3) is 5.91 Å². The van der Waals surface area contributed by atoms with Crippen LogP contribution in [0, 0.1) is 5.82 Å². The summed E-state index contributed by atoms with van der Waals surface area (Å²) >= 11 is 0. The van der Waals surface area contributed by atoms with E-state index in [9.17, 15) is 9.18 Å². The Hall–Kier alpha value is -1.62. The predicted molar refractivity (Wildman–Crippen MR) is 65.9 cm³/mol. The SMILES string of the molecule is O=C(COc1ccccc1F)NC1CCCNC1. The van der Waals surface area contributed by atoms with E-state index in [0.29, 0.717) is 0 Å². The molecule has 1 atom stereocenters. The molecule has 0 spiro atoms. The average Bonchev–Trinajstić information content (AvgIpc) is 2.39. The molecule has 0 aliphatic carbocycles. The molecule has 4 nitrogen and oxygen atoms in total. The minimum absolute atomic E-state index is 0.106. The van der Waals surface area contributed by atoms with Crippen molar-refractivity contribution in [2.45, 2.75) is 18.9 Å². The van der Waals surface area contributed by atoms with Crippen LogP contribution < -0.4 is 15.4 Å². The molecule has 1 aliphatic rings. The summed E-state index contributed by atoms with van der Waals surface area (Å²) in [4.78, 5) is 11.6. The molecule has 1 amide bonds. The quantitative estimate of drug-likeness (QED) is 0.843. The number of amides is 1. The van der Waals surface area contributed by atoms with Crippen molar-refractivity contribution in [3.05, 3.63) is 30.1 Å². The van der Waals surface area contributed by atoms with E-state index < -0.39 is 5.82 Å². The van der Waals surface area contributed by atoms with Crippen molar-refractivity contribution in [1.82, 2.24) is 10.6 Å². The lowest BCUT2D eigenvalue weighted by Crippen LogP contribution is -2.47. The van der Waals surface area contributed by atoms with Crippen LogP contribution in [0.2, 0.25) is 0 Å². The number of benzene rings is 1. The van der Waals surface area contributed by atoms with Gasteiger partial charge in [0.05, 0.1) is 0 Å². The molecule has 0 saturated carbocycles. The fourth-order valence-corrected chi connectivity index (χ4v) is 1.95. The van der Waals surface area contributed by atoms with Crippen molar-refractivity contribution in [2.75, 3.05) is 19.7 Å². The largest absolute Gasteiger partial charge is 0.481 e. The average molecular weight is 252 g/mol. The van der Waals surface area contributed by atoms with Crippen LogP contribution in [0.5, 0.6) is 5.75 Å². The van der Waals surface area contributed by atoms with Gasteiger partial charge in [-0.3, -0.25) is 4.79 Å². The monoisotopic (exact) mass is 252 g/mol. The summed E-state index contributed by atoms with van der Waals surface area (Å²) in [6, 6.07) is 6.20. The van der Waals surface area contributed by atoms with Gasteiger partial charge in [-0.15, -0.1) is 0 Å². The molecule has 0 aromatic heterocycles. The molecule has 2 N–H and O–H groups in total. The molecule has 1 aromatic rings. The lowest BCUT2D eigenvalue weighted by Gasteiger charge is -2.23. The van der Waals surface area contributed by atoms with Crippen LogP contribution in [-0.2, 0) is 4.79 Å². The summed E-state index contributed by atoms with van der Waals surface area (Å²) in [5.74, 6) is -0.564. The second kappa shape index (κ2) is 6.35. The van der Waals surface area contributed by atoms with Crippen molar-refractivity contribution in [3.8, 4) is 5.75 Å².